The zero-order valence-corrected chi connectivity index (χ0v) is 11.8. The molecule has 0 aliphatic rings. The van der Waals surface area contributed by atoms with Gasteiger partial charge in [0.2, 0.25) is 5.91 Å². The van der Waals surface area contributed by atoms with Crippen LogP contribution >= 0.6 is 0 Å². The second-order valence-electron chi connectivity index (χ2n) is 4.75. The van der Waals surface area contributed by atoms with E-state index in [0.29, 0.717) is 28.0 Å². The van der Waals surface area contributed by atoms with Crippen molar-refractivity contribution in [3.63, 3.8) is 0 Å². The largest absolute Gasteiger partial charge is 0.443 e. The van der Waals surface area contributed by atoms with Crippen LogP contribution in [0.1, 0.15) is 17.3 Å². The summed E-state index contributed by atoms with van der Waals surface area (Å²) in [6, 6.07) is 11.9. The molecule has 0 aliphatic heterocycles. The van der Waals surface area contributed by atoms with Crippen molar-refractivity contribution in [2.75, 3.05) is 10.6 Å². The van der Waals surface area contributed by atoms with Gasteiger partial charge >= 0.3 is 0 Å². The summed E-state index contributed by atoms with van der Waals surface area (Å²) >= 11 is 0. The van der Waals surface area contributed by atoms with E-state index < -0.39 is 0 Å². The quantitative estimate of drug-likeness (QED) is 0.777. The van der Waals surface area contributed by atoms with Crippen molar-refractivity contribution in [1.82, 2.24) is 4.98 Å². The lowest BCUT2D eigenvalue weighted by Crippen LogP contribution is -2.13. The molecule has 6 heteroatoms. The number of rotatable bonds is 3. The van der Waals surface area contributed by atoms with E-state index >= 15 is 0 Å². The molecule has 0 saturated heterocycles. The maximum atomic E-state index is 12.3. The van der Waals surface area contributed by atoms with Gasteiger partial charge in [0, 0.05) is 23.9 Å². The number of amides is 2. The van der Waals surface area contributed by atoms with Crippen molar-refractivity contribution in [3.8, 4) is 0 Å². The third-order valence-corrected chi connectivity index (χ3v) is 3.03. The average molecular weight is 295 g/mol. The zero-order valence-electron chi connectivity index (χ0n) is 11.8. The fourth-order valence-corrected chi connectivity index (χ4v) is 2.08. The second kappa shape index (κ2) is 5.69. The highest BCUT2D eigenvalue weighted by molar-refractivity contribution is 6.05. The van der Waals surface area contributed by atoms with Crippen LogP contribution in [0.4, 0.5) is 11.4 Å². The SMILES string of the molecule is CC(=O)Nc1cccc(C(=O)Nc2ccc3ocnc3c2)c1. The minimum atomic E-state index is -0.268. The number of nitrogens with one attached hydrogen (secondary N) is 2. The number of hydrogen-bond donors (Lipinski definition) is 2. The van der Waals surface area contributed by atoms with E-state index in [1.165, 1.54) is 13.3 Å². The molecule has 0 bridgehead atoms. The highest BCUT2D eigenvalue weighted by atomic mass is 16.3. The minimum Gasteiger partial charge on any atom is -0.443 e. The summed E-state index contributed by atoms with van der Waals surface area (Å²) in [5.41, 5.74) is 2.98. The Bertz CT molecular complexity index is 854. The van der Waals surface area contributed by atoms with Gasteiger partial charge in [-0.1, -0.05) is 6.07 Å². The first-order valence-corrected chi connectivity index (χ1v) is 6.64. The molecule has 2 aromatic carbocycles. The lowest BCUT2D eigenvalue weighted by Gasteiger charge is -2.07. The zero-order chi connectivity index (χ0) is 15.5. The predicted molar refractivity (Wildman–Crippen MR) is 82.7 cm³/mol. The molecule has 6 nitrogen and oxygen atoms in total. The first-order valence-electron chi connectivity index (χ1n) is 6.64. The molecule has 3 rings (SSSR count). The number of hydrogen-bond acceptors (Lipinski definition) is 4. The van der Waals surface area contributed by atoms with E-state index in [4.69, 9.17) is 4.42 Å². The van der Waals surface area contributed by atoms with E-state index in [1.807, 2.05) is 0 Å². The summed E-state index contributed by atoms with van der Waals surface area (Å²) in [5.74, 6) is -0.455. The summed E-state index contributed by atoms with van der Waals surface area (Å²) in [4.78, 5) is 27.4. The van der Waals surface area contributed by atoms with E-state index in [9.17, 15) is 9.59 Å². The van der Waals surface area contributed by atoms with Crippen LogP contribution in [0.15, 0.2) is 53.3 Å². The molecule has 0 spiro atoms. The predicted octanol–water partition coefficient (Wildman–Crippen LogP) is 3.04. The maximum absolute atomic E-state index is 12.3. The number of oxazole rings is 1. The van der Waals surface area contributed by atoms with Crippen LogP contribution in [0, 0.1) is 0 Å². The first-order chi connectivity index (χ1) is 10.6. The molecule has 0 saturated carbocycles. The van der Waals surface area contributed by atoms with Crippen molar-refractivity contribution in [3.05, 3.63) is 54.4 Å². The number of fused-ring (bicyclic) bond motifs is 1. The molecule has 0 radical (unpaired) electrons. The molecule has 110 valence electrons. The van der Waals surface area contributed by atoms with E-state index in [0.717, 1.165) is 0 Å². The van der Waals surface area contributed by atoms with Crippen LogP contribution < -0.4 is 10.6 Å². The maximum Gasteiger partial charge on any atom is 0.255 e. The van der Waals surface area contributed by atoms with Gasteiger partial charge in [-0.3, -0.25) is 9.59 Å². The Morgan fingerprint density at radius 2 is 1.86 bits per heavy atom. The fourth-order valence-electron chi connectivity index (χ4n) is 2.08. The fraction of sp³-hybridized carbons (Fsp3) is 0.0625. The van der Waals surface area contributed by atoms with Crippen LogP contribution in [0.5, 0.6) is 0 Å². The minimum absolute atomic E-state index is 0.186. The van der Waals surface area contributed by atoms with Gasteiger partial charge in [0.05, 0.1) is 0 Å². The number of carbonyl (C=O) groups excluding carboxylic acids is 2. The Morgan fingerprint density at radius 1 is 1.05 bits per heavy atom. The number of anilines is 2. The second-order valence-corrected chi connectivity index (χ2v) is 4.75. The number of carbonyl (C=O) groups is 2. The van der Waals surface area contributed by atoms with E-state index in [-0.39, 0.29) is 11.8 Å². The van der Waals surface area contributed by atoms with Crippen LogP contribution in [0.25, 0.3) is 11.1 Å². The van der Waals surface area contributed by atoms with Crippen molar-refractivity contribution < 1.29 is 14.0 Å². The molecule has 1 aromatic heterocycles. The third kappa shape index (κ3) is 2.95. The van der Waals surface area contributed by atoms with Crippen molar-refractivity contribution in [1.29, 1.82) is 0 Å². The van der Waals surface area contributed by atoms with Crippen molar-refractivity contribution >= 4 is 34.3 Å². The van der Waals surface area contributed by atoms with Crippen LogP contribution in [-0.2, 0) is 4.79 Å². The monoisotopic (exact) mass is 295 g/mol. The summed E-state index contributed by atoms with van der Waals surface area (Å²) < 4.78 is 5.15. The van der Waals surface area contributed by atoms with Gasteiger partial charge in [-0.25, -0.2) is 4.98 Å². The summed E-state index contributed by atoms with van der Waals surface area (Å²) in [5, 5.41) is 5.43. The number of aromatic nitrogens is 1. The number of nitrogens with zero attached hydrogens (tertiary/aromatic N) is 1. The smallest absolute Gasteiger partial charge is 0.255 e. The molecule has 0 fully saturated rings. The lowest BCUT2D eigenvalue weighted by molar-refractivity contribution is -0.114. The number of benzene rings is 2. The molecule has 2 N–H and O–H groups in total. The van der Waals surface area contributed by atoms with Gasteiger partial charge in [0.15, 0.2) is 12.0 Å². The van der Waals surface area contributed by atoms with E-state index in [1.54, 1.807) is 42.5 Å². The molecule has 0 aliphatic carbocycles. The summed E-state index contributed by atoms with van der Waals surface area (Å²) in [6.45, 7) is 1.42. The topological polar surface area (TPSA) is 84.2 Å². The molecular weight excluding hydrogens is 282 g/mol. The molecular formula is C16H13N3O3. The van der Waals surface area contributed by atoms with Crippen molar-refractivity contribution in [2.45, 2.75) is 6.92 Å². The summed E-state index contributed by atoms with van der Waals surface area (Å²) in [6.07, 6.45) is 1.35. The first kappa shape index (κ1) is 13.8. The Balaban J connectivity index is 1.80. The van der Waals surface area contributed by atoms with Gasteiger partial charge in [0.1, 0.15) is 5.52 Å². The van der Waals surface area contributed by atoms with Crippen molar-refractivity contribution in [2.24, 2.45) is 0 Å². The standard InChI is InChI=1S/C16H13N3O3/c1-10(20)18-12-4-2-3-11(7-12)16(21)19-13-5-6-15-14(8-13)17-9-22-15/h2-9H,1H3,(H,18,20)(H,19,21). The molecule has 2 amide bonds. The molecule has 3 aromatic rings. The molecule has 0 atom stereocenters. The van der Waals surface area contributed by atoms with Crippen LogP contribution in [0.2, 0.25) is 0 Å². The van der Waals surface area contributed by atoms with Gasteiger partial charge in [0.25, 0.3) is 5.91 Å². The van der Waals surface area contributed by atoms with Crippen LogP contribution in [-0.4, -0.2) is 16.8 Å². The molecule has 0 unspecified atom stereocenters. The normalized spacial score (nSPS) is 10.4. The Hall–Kier alpha value is -3.15. The third-order valence-electron chi connectivity index (χ3n) is 3.03. The highest BCUT2D eigenvalue weighted by Crippen LogP contribution is 2.19. The average Bonchev–Trinajstić information content (AvgIpc) is 2.94. The highest BCUT2D eigenvalue weighted by Gasteiger charge is 2.08. The van der Waals surface area contributed by atoms with Gasteiger partial charge in [-0.05, 0) is 36.4 Å². The van der Waals surface area contributed by atoms with Gasteiger partial charge < -0.3 is 15.1 Å². The Labute approximate surface area is 126 Å². The molecule has 22 heavy (non-hydrogen) atoms. The summed E-state index contributed by atoms with van der Waals surface area (Å²) in [7, 11) is 0. The van der Waals surface area contributed by atoms with E-state index in [2.05, 4.69) is 15.6 Å². The Morgan fingerprint density at radius 3 is 2.68 bits per heavy atom. The Kier molecular flexibility index (Phi) is 3.57. The lowest BCUT2D eigenvalue weighted by atomic mass is 10.1. The van der Waals surface area contributed by atoms with Crippen LogP contribution in [0.3, 0.4) is 0 Å². The van der Waals surface area contributed by atoms with Gasteiger partial charge in [-0.15, -0.1) is 0 Å². The van der Waals surface area contributed by atoms with Gasteiger partial charge in [-0.2, -0.15) is 0 Å². The molecule has 1 heterocycles.